The van der Waals surface area contributed by atoms with Crippen molar-refractivity contribution < 1.29 is 31.5 Å². The minimum atomic E-state index is -3.93. The predicted molar refractivity (Wildman–Crippen MR) is 103 cm³/mol. The van der Waals surface area contributed by atoms with Gasteiger partial charge in [-0.15, -0.1) is 0 Å². The molecular weight excluding hydrogens is 418 g/mol. The molecule has 0 saturated heterocycles. The lowest BCUT2D eigenvalue weighted by atomic mass is 9.95. The standard InChI is InChI=1S/C20H18F2N2O5S/c1-2-29-19(25)17-16(11-30(27,28)13-6-4-3-5-7-13)23-20(26)24-18(17)12-8-9-14(21)15(22)10-12/h3-10,18H,2,11H2,1H3,(H2,23,24,26). The quantitative estimate of drug-likeness (QED) is 0.678. The first-order chi connectivity index (χ1) is 14.2. The fraction of sp³-hybridized carbons (Fsp3) is 0.200. The number of carbonyl (C=O) groups is 2. The topological polar surface area (TPSA) is 102 Å². The minimum absolute atomic E-state index is 0.00197. The van der Waals surface area contributed by atoms with E-state index in [4.69, 9.17) is 4.74 Å². The van der Waals surface area contributed by atoms with Gasteiger partial charge in [-0.2, -0.15) is 0 Å². The Hall–Kier alpha value is -3.27. The number of rotatable bonds is 6. The molecule has 0 aliphatic carbocycles. The summed E-state index contributed by atoms with van der Waals surface area (Å²) < 4.78 is 57.8. The van der Waals surface area contributed by atoms with Crippen molar-refractivity contribution in [3.05, 3.63) is 77.0 Å². The SMILES string of the molecule is CCOC(=O)C1=C(CS(=O)(=O)c2ccccc2)NC(=O)NC1c1ccc(F)c(F)c1. The van der Waals surface area contributed by atoms with E-state index in [2.05, 4.69) is 10.6 Å². The van der Waals surface area contributed by atoms with E-state index in [1.54, 1.807) is 25.1 Å². The Bertz CT molecular complexity index is 1120. The zero-order chi connectivity index (χ0) is 21.9. The first-order valence-electron chi connectivity index (χ1n) is 8.93. The number of halogens is 2. The summed E-state index contributed by atoms with van der Waals surface area (Å²) in [6, 6.07) is 8.34. The largest absolute Gasteiger partial charge is 0.463 e. The van der Waals surface area contributed by atoms with Crippen molar-refractivity contribution >= 4 is 21.8 Å². The highest BCUT2D eigenvalue weighted by Crippen LogP contribution is 2.30. The molecule has 1 unspecified atom stereocenters. The van der Waals surface area contributed by atoms with Gasteiger partial charge in [0.05, 0.1) is 28.9 Å². The highest BCUT2D eigenvalue weighted by atomic mass is 32.2. The highest BCUT2D eigenvalue weighted by Gasteiger charge is 2.36. The van der Waals surface area contributed by atoms with E-state index in [0.717, 1.165) is 12.1 Å². The average Bonchev–Trinajstić information content (AvgIpc) is 2.70. The highest BCUT2D eigenvalue weighted by molar-refractivity contribution is 7.91. The molecule has 7 nitrogen and oxygen atoms in total. The van der Waals surface area contributed by atoms with Gasteiger partial charge in [0.15, 0.2) is 21.5 Å². The number of esters is 1. The third-order valence-electron chi connectivity index (χ3n) is 4.36. The number of hydrogen-bond acceptors (Lipinski definition) is 5. The Balaban J connectivity index is 2.12. The fourth-order valence-corrected chi connectivity index (χ4v) is 4.37. The number of benzene rings is 2. The van der Waals surface area contributed by atoms with E-state index in [1.807, 2.05) is 0 Å². The molecule has 0 bridgehead atoms. The Morgan fingerprint density at radius 2 is 1.80 bits per heavy atom. The summed E-state index contributed by atoms with van der Waals surface area (Å²) in [5, 5.41) is 4.77. The van der Waals surface area contributed by atoms with Crippen molar-refractivity contribution in [1.82, 2.24) is 10.6 Å². The summed E-state index contributed by atoms with van der Waals surface area (Å²) in [6.45, 7) is 1.54. The average molecular weight is 436 g/mol. The lowest BCUT2D eigenvalue weighted by molar-refractivity contribution is -0.139. The monoisotopic (exact) mass is 436 g/mol. The number of hydrogen-bond donors (Lipinski definition) is 2. The number of carbonyl (C=O) groups excluding carboxylic acids is 2. The lowest BCUT2D eigenvalue weighted by Crippen LogP contribution is -2.47. The number of nitrogens with one attached hydrogen (secondary N) is 2. The molecule has 2 aromatic carbocycles. The van der Waals surface area contributed by atoms with Crippen LogP contribution in [0.1, 0.15) is 18.5 Å². The summed E-state index contributed by atoms with van der Waals surface area (Å²) in [5.74, 6) is -3.87. The summed E-state index contributed by atoms with van der Waals surface area (Å²) in [4.78, 5) is 24.8. The molecule has 1 aliphatic rings. The van der Waals surface area contributed by atoms with Gasteiger partial charge in [0, 0.05) is 5.70 Å². The normalized spacial score (nSPS) is 16.6. The maximum Gasteiger partial charge on any atom is 0.338 e. The lowest BCUT2D eigenvalue weighted by Gasteiger charge is -2.29. The van der Waals surface area contributed by atoms with Gasteiger partial charge < -0.3 is 15.4 Å². The molecule has 1 atom stereocenters. The van der Waals surface area contributed by atoms with Crippen molar-refractivity contribution in [3.63, 3.8) is 0 Å². The molecule has 10 heteroatoms. The molecule has 0 aromatic heterocycles. The van der Waals surface area contributed by atoms with Crippen molar-refractivity contribution in [3.8, 4) is 0 Å². The molecule has 30 heavy (non-hydrogen) atoms. The molecule has 158 valence electrons. The molecule has 2 N–H and O–H groups in total. The third-order valence-corrected chi connectivity index (χ3v) is 6.02. The number of sulfone groups is 1. The first kappa shape index (κ1) is 21.4. The van der Waals surface area contributed by atoms with Gasteiger partial charge in [0.2, 0.25) is 0 Å². The van der Waals surface area contributed by atoms with E-state index >= 15 is 0 Å². The van der Waals surface area contributed by atoms with Crippen LogP contribution < -0.4 is 10.6 Å². The summed E-state index contributed by atoms with van der Waals surface area (Å²) in [5.41, 5.74) is -0.348. The smallest absolute Gasteiger partial charge is 0.338 e. The summed E-state index contributed by atoms with van der Waals surface area (Å²) >= 11 is 0. The van der Waals surface area contributed by atoms with E-state index < -0.39 is 45.3 Å². The Labute approximate surface area is 171 Å². The van der Waals surface area contributed by atoms with Crippen molar-refractivity contribution in [2.75, 3.05) is 12.4 Å². The van der Waals surface area contributed by atoms with Crippen LogP contribution in [0.25, 0.3) is 0 Å². The third kappa shape index (κ3) is 4.48. The molecule has 0 spiro atoms. The Morgan fingerprint density at radius 1 is 1.10 bits per heavy atom. The van der Waals surface area contributed by atoms with Crippen LogP contribution in [0.4, 0.5) is 13.6 Å². The molecule has 1 heterocycles. The van der Waals surface area contributed by atoms with Gasteiger partial charge in [-0.3, -0.25) is 0 Å². The van der Waals surface area contributed by atoms with Crippen molar-refractivity contribution in [2.45, 2.75) is 17.9 Å². The van der Waals surface area contributed by atoms with E-state index in [9.17, 15) is 26.8 Å². The summed E-state index contributed by atoms with van der Waals surface area (Å²) in [6.07, 6.45) is 0. The molecule has 2 aromatic rings. The molecule has 0 radical (unpaired) electrons. The molecule has 0 fully saturated rings. The van der Waals surface area contributed by atoms with Crippen LogP contribution in [0, 0.1) is 11.6 Å². The molecule has 0 saturated carbocycles. The van der Waals surface area contributed by atoms with Crippen LogP contribution in [-0.4, -0.2) is 32.8 Å². The number of urea groups is 1. The van der Waals surface area contributed by atoms with Gasteiger partial charge in [0.25, 0.3) is 0 Å². The molecule has 1 aliphatic heterocycles. The Kier molecular flexibility index (Phi) is 6.16. The van der Waals surface area contributed by atoms with E-state index in [0.29, 0.717) is 0 Å². The minimum Gasteiger partial charge on any atom is -0.463 e. The second-order valence-corrected chi connectivity index (χ2v) is 8.38. The van der Waals surface area contributed by atoms with Gasteiger partial charge in [-0.1, -0.05) is 24.3 Å². The molecule has 2 amide bonds. The number of amides is 2. The van der Waals surface area contributed by atoms with Crippen LogP contribution in [0.15, 0.2) is 64.7 Å². The number of ether oxygens (including phenoxy) is 1. The van der Waals surface area contributed by atoms with Crippen LogP contribution in [-0.2, 0) is 19.4 Å². The van der Waals surface area contributed by atoms with Gasteiger partial charge in [-0.05, 0) is 36.8 Å². The maximum absolute atomic E-state index is 13.8. The second-order valence-electron chi connectivity index (χ2n) is 6.39. The van der Waals surface area contributed by atoms with Crippen LogP contribution in [0.3, 0.4) is 0 Å². The zero-order valence-corrected chi connectivity index (χ0v) is 16.6. The molecular formula is C20H18F2N2O5S. The fourth-order valence-electron chi connectivity index (χ4n) is 3.02. The van der Waals surface area contributed by atoms with Gasteiger partial charge >= 0.3 is 12.0 Å². The zero-order valence-electron chi connectivity index (χ0n) is 15.8. The maximum atomic E-state index is 13.8. The molecule has 3 rings (SSSR count). The van der Waals surface area contributed by atoms with E-state index in [1.165, 1.54) is 18.2 Å². The van der Waals surface area contributed by atoms with E-state index in [-0.39, 0.29) is 28.3 Å². The van der Waals surface area contributed by atoms with Crippen LogP contribution in [0.2, 0.25) is 0 Å². The first-order valence-corrected chi connectivity index (χ1v) is 10.6. The summed E-state index contributed by atoms with van der Waals surface area (Å²) in [7, 11) is -3.93. The van der Waals surface area contributed by atoms with Crippen LogP contribution >= 0.6 is 0 Å². The van der Waals surface area contributed by atoms with Gasteiger partial charge in [-0.25, -0.2) is 26.8 Å². The van der Waals surface area contributed by atoms with Crippen molar-refractivity contribution in [1.29, 1.82) is 0 Å². The van der Waals surface area contributed by atoms with Crippen LogP contribution in [0.5, 0.6) is 0 Å². The Morgan fingerprint density at radius 3 is 2.43 bits per heavy atom. The van der Waals surface area contributed by atoms with Gasteiger partial charge in [0.1, 0.15) is 0 Å². The van der Waals surface area contributed by atoms with Crippen molar-refractivity contribution in [2.24, 2.45) is 0 Å². The second kappa shape index (κ2) is 8.62. The predicted octanol–water partition coefficient (Wildman–Crippen LogP) is 2.61.